The summed E-state index contributed by atoms with van der Waals surface area (Å²) in [5.74, 6) is -0.434. The van der Waals surface area contributed by atoms with Gasteiger partial charge in [-0.3, -0.25) is 10.3 Å². The third-order valence-electron chi connectivity index (χ3n) is 5.55. The fraction of sp³-hybridized carbons (Fsp3) is 0.250. The van der Waals surface area contributed by atoms with Crippen molar-refractivity contribution in [3.05, 3.63) is 65.4 Å². The Bertz CT molecular complexity index is 1370. The third kappa shape index (κ3) is 4.53. The fourth-order valence-corrected chi connectivity index (χ4v) is 5.08. The monoisotopic (exact) mass is 495 g/mol. The Morgan fingerprint density at radius 3 is 2.89 bits per heavy atom. The predicted molar refractivity (Wildman–Crippen MR) is 128 cm³/mol. The number of aryl methyl sites for hydroxylation is 1. The molecule has 9 nitrogen and oxygen atoms in total. The molecule has 3 aromatic heterocycles. The van der Waals surface area contributed by atoms with Crippen LogP contribution >= 0.6 is 11.3 Å². The number of nitrogens with zero attached hydrogens (tertiary/aromatic N) is 4. The zero-order valence-corrected chi connectivity index (χ0v) is 19.9. The maximum atomic E-state index is 15.4. The minimum absolute atomic E-state index is 0.126. The lowest BCUT2D eigenvalue weighted by Gasteiger charge is -2.15. The van der Waals surface area contributed by atoms with Gasteiger partial charge in [0.25, 0.3) is 0 Å². The van der Waals surface area contributed by atoms with Gasteiger partial charge in [0.1, 0.15) is 18.3 Å². The normalized spacial score (nSPS) is 12.2. The second kappa shape index (κ2) is 9.90. The molecule has 180 valence electrons. The summed E-state index contributed by atoms with van der Waals surface area (Å²) in [7, 11) is 2.83. The largest absolute Gasteiger partial charge is 0.453 e. The Labute approximate surface area is 204 Å². The standard InChI is InChI=1S/C24H22FN5O4S/c1-32-13-34-12-14-5-8-19(17(25)10-14)30-21-16(20(29-30)15-4-3-9-26-11-15)6-7-18-22(21)35-23(27-18)28-24(31)33-2/h3-5,8-11H,6-7,12-13H2,1-2H3,(H,27,28,31). The number of aromatic nitrogens is 4. The SMILES string of the molecule is COCOCc1ccc(-n2nc(-c3cccnc3)c3c2-c2sc(NC(=O)OC)nc2CC3)c(F)c1. The molecule has 0 saturated carbocycles. The van der Waals surface area contributed by atoms with E-state index in [1.807, 2.05) is 12.1 Å². The number of methoxy groups -OCH3 is 2. The lowest BCUT2D eigenvalue weighted by Crippen LogP contribution is -2.10. The summed E-state index contributed by atoms with van der Waals surface area (Å²) in [4.78, 5) is 21.3. The van der Waals surface area contributed by atoms with Gasteiger partial charge in [-0.15, -0.1) is 0 Å². The van der Waals surface area contributed by atoms with E-state index in [9.17, 15) is 4.79 Å². The van der Waals surface area contributed by atoms with Crippen LogP contribution in [0.3, 0.4) is 0 Å². The molecule has 1 N–H and O–H groups in total. The predicted octanol–water partition coefficient (Wildman–Crippen LogP) is 4.59. The Hall–Kier alpha value is -3.67. The van der Waals surface area contributed by atoms with Crippen molar-refractivity contribution < 1.29 is 23.4 Å². The highest BCUT2D eigenvalue weighted by atomic mass is 32.1. The van der Waals surface area contributed by atoms with E-state index in [1.54, 1.807) is 29.2 Å². The number of ether oxygens (including phenoxy) is 3. The molecular weight excluding hydrogens is 473 g/mol. The van der Waals surface area contributed by atoms with Crippen LogP contribution in [0.15, 0.2) is 42.7 Å². The first-order valence-electron chi connectivity index (χ1n) is 10.8. The first-order valence-corrected chi connectivity index (χ1v) is 11.6. The van der Waals surface area contributed by atoms with Gasteiger partial charge < -0.3 is 14.2 Å². The topological polar surface area (TPSA) is 100 Å². The van der Waals surface area contributed by atoms with Crippen LogP contribution in [0, 0.1) is 5.82 Å². The van der Waals surface area contributed by atoms with Crippen molar-refractivity contribution >= 4 is 22.6 Å². The van der Waals surface area contributed by atoms with Gasteiger partial charge >= 0.3 is 6.09 Å². The average Bonchev–Trinajstić information content (AvgIpc) is 3.46. The molecule has 5 rings (SSSR count). The van der Waals surface area contributed by atoms with E-state index in [1.165, 1.54) is 31.6 Å². The van der Waals surface area contributed by atoms with Crippen LogP contribution in [0.2, 0.25) is 0 Å². The quantitative estimate of drug-likeness (QED) is 0.296. The maximum absolute atomic E-state index is 15.4. The fourth-order valence-electron chi connectivity index (χ4n) is 4.03. The van der Waals surface area contributed by atoms with Gasteiger partial charge in [-0.25, -0.2) is 18.9 Å². The summed E-state index contributed by atoms with van der Waals surface area (Å²) in [6.45, 7) is 0.353. The summed E-state index contributed by atoms with van der Waals surface area (Å²) < 4.78 is 31.9. The Morgan fingerprint density at radius 1 is 1.26 bits per heavy atom. The van der Waals surface area contributed by atoms with Crippen LogP contribution in [0.5, 0.6) is 0 Å². The molecule has 4 aromatic rings. The van der Waals surface area contributed by atoms with Crippen LogP contribution in [0.1, 0.15) is 16.8 Å². The lowest BCUT2D eigenvalue weighted by atomic mass is 9.95. The Kier molecular flexibility index (Phi) is 6.53. The Morgan fingerprint density at radius 2 is 2.14 bits per heavy atom. The summed E-state index contributed by atoms with van der Waals surface area (Å²) in [5.41, 5.74) is 5.11. The molecule has 11 heteroatoms. The maximum Gasteiger partial charge on any atom is 0.413 e. The van der Waals surface area contributed by atoms with E-state index in [2.05, 4.69) is 15.3 Å². The van der Waals surface area contributed by atoms with Crippen molar-refractivity contribution in [1.82, 2.24) is 19.7 Å². The summed E-state index contributed by atoms with van der Waals surface area (Å²) in [6, 6.07) is 8.69. The third-order valence-corrected chi connectivity index (χ3v) is 6.57. The molecule has 1 aliphatic carbocycles. The summed E-state index contributed by atoms with van der Waals surface area (Å²) in [6.07, 6.45) is 4.17. The molecule has 0 spiro atoms. The molecule has 3 heterocycles. The number of rotatable bonds is 7. The highest BCUT2D eigenvalue weighted by molar-refractivity contribution is 7.19. The van der Waals surface area contributed by atoms with Crippen molar-refractivity contribution in [2.24, 2.45) is 0 Å². The van der Waals surface area contributed by atoms with Gasteiger partial charge in [-0.05, 0) is 42.7 Å². The number of hydrogen-bond donors (Lipinski definition) is 1. The molecule has 0 bridgehead atoms. The number of carbonyl (C=O) groups is 1. The number of fused-ring (bicyclic) bond motifs is 3. The summed E-state index contributed by atoms with van der Waals surface area (Å²) >= 11 is 1.31. The minimum atomic E-state index is -0.599. The first-order chi connectivity index (χ1) is 17.1. The molecule has 0 unspecified atom stereocenters. The molecule has 35 heavy (non-hydrogen) atoms. The molecule has 1 amide bonds. The van der Waals surface area contributed by atoms with E-state index in [-0.39, 0.29) is 13.4 Å². The van der Waals surface area contributed by atoms with Crippen molar-refractivity contribution in [1.29, 1.82) is 0 Å². The van der Waals surface area contributed by atoms with Crippen molar-refractivity contribution in [2.45, 2.75) is 19.4 Å². The second-order valence-corrected chi connectivity index (χ2v) is 8.78. The van der Waals surface area contributed by atoms with Gasteiger partial charge in [-0.1, -0.05) is 17.4 Å². The van der Waals surface area contributed by atoms with Gasteiger partial charge in [-0.2, -0.15) is 5.10 Å². The van der Waals surface area contributed by atoms with Crippen LogP contribution < -0.4 is 5.32 Å². The number of hydrogen-bond acceptors (Lipinski definition) is 8. The van der Waals surface area contributed by atoms with Gasteiger partial charge in [0, 0.05) is 30.6 Å². The zero-order chi connectivity index (χ0) is 24.4. The number of amides is 1. The number of thiazole rings is 1. The molecule has 0 atom stereocenters. The molecule has 0 radical (unpaired) electrons. The van der Waals surface area contributed by atoms with Crippen LogP contribution in [0.25, 0.3) is 27.5 Å². The van der Waals surface area contributed by atoms with E-state index in [0.717, 1.165) is 33.1 Å². The number of anilines is 1. The van der Waals surface area contributed by atoms with Crippen LogP contribution in [-0.2, 0) is 33.7 Å². The van der Waals surface area contributed by atoms with E-state index >= 15 is 4.39 Å². The number of carbonyl (C=O) groups excluding carboxylic acids is 1. The first kappa shape index (κ1) is 23.1. The van der Waals surface area contributed by atoms with Gasteiger partial charge in [0.15, 0.2) is 5.13 Å². The molecule has 1 aromatic carbocycles. The molecular formula is C24H22FN5O4S. The highest BCUT2D eigenvalue weighted by Crippen LogP contribution is 2.44. The van der Waals surface area contributed by atoms with Crippen molar-refractivity contribution in [2.75, 3.05) is 26.3 Å². The van der Waals surface area contributed by atoms with E-state index < -0.39 is 11.9 Å². The highest BCUT2D eigenvalue weighted by Gasteiger charge is 2.30. The van der Waals surface area contributed by atoms with Gasteiger partial charge in [0.2, 0.25) is 0 Å². The lowest BCUT2D eigenvalue weighted by molar-refractivity contribution is -0.0391. The number of benzene rings is 1. The summed E-state index contributed by atoms with van der Waals surface area (Å²) in [5, 5.41) is 7.88. The van der Waals surface area contributed by atoms with E-state index in [0.29, 0.717) is 29.2 Å². The average molecular weight is 496 g/mol. The minimum Gasteiger partial charge on any atom is -0.453 e. The zero-order valence-electron chi connectivity index (χ0n) is 19.1. The number of pyridine rings is 1. The molecule has 0 fully saturated rings. The van der Waals surface area contributed by atoms with Crippen LogP contribution in [-0.4, -0.2) is 46.9 Å². The number of nitrogens with one attached hydrogen (secondary N) is 1. The Balaban J connectivity index is 1.63. The van der Waals surface area contributed by atoms with Crippen molar-refractivity contribution in [3.63, 3.8) is 0 Å². The van der Waals surface area contributed by atoms with Gasteiger partial charge in [0.05, 0.1) is 35.7 Å². The number of halogens is 1. The molecule has 0 saturated heterocycles. The van der Waals surface area contributed by atoms with E-state index in [4.69, 9.17) is 19.3 Å². The second-order valence-electron chi connectivity index (χ2n) is 7.78. The van der Waals surface area contributed by atoms with Crippen molar-refractivity contribution in [3.8, 4) is 27.5 Å². The molecule has 1 aliphatic rings. The van der Waals surface area contributed by atoms with Crippen LogP contribution in [0.4, 0.5) is 14.3 Å². The smallest absolute Gasteiger partial charge is 0.413 e. The molecule has 0 aliphatic heterocycles.